The molecule has 0 bridgehead atoms. The first kappa shape index (κ1) is 14.6. The highest BCUT2D eigenvalue weighted by molar-refractivity contribution is 7.10. The molecule has 2 heterocycles. The number of methoxy groups -OCH3 is 1. The second kappa shape index (κ2) is 6.61. The summed E-state index contributed by atoms with van der Waals surface area (Å²) in [6, 6.07) is 5.53. The van der Waals surface area contributed by atoms with Gasteiger partial charge in [-0.25, -0.2) is 4.79 Å². The second-order valence-corrected chi connectivity index (χ2v) is 5.57. The summed E-state index contributed by atoms with van der Waals surface area (Å²) in [5.41, 5.74) is 0.927. The van der Waals surface area contributed by atoms with Gasteiger partial charge in [0.05, 0.1) is 26.5 Å². The van der Waals surface area contributed by atoms with Gasteiger partial charge < -0.3 is 14.4 Å². The fraction of sp³-hybridized carbons (Fsp3) is 0.357. The lowest BCUT2D eigenvalue weighted by atomic mass is 10.1. The van der Waals surface area contributed by atoms with E-state index < -0.39 is 0 Å². The minimum absolute atomic E-state index is 0.165. The van der Waals surface area contributed by atoms with Crippen LogP contribution in [0.4, 0.5) is 9.80 Å². The van der Waals surface area contributed by atoms with Gasteiger partial charge in [0.2, 0.25) is 0 Å². The number of carbonyl (C=O) groups is 1. The first-order chi connectivity index (χ1) is 10.8. The van der Waals surface area contributed by atoms with Crippen molar-refractivity contribution in [1.29, 1.82) is 0 Å². The van der Waals surface area contributed by atoms with Gasteiger partial charge in [-0.15, -0.1) is 5.10 Å². The smallest absolute Gasteiger partial charge is 0.322 e. The second-order valence-electron chi connectivity index (χ2n) is 4.78. The number of rotatable bonds is 2. The third-order valence-electron chi connectivity index (χ3n) is 3.34. The molecule has 7 nitrogen and oxygen atoms in total. The van der Waals surface area contributed by atoms with Crippen molar-refractivity contribution < 1.29 is 14.3 Å². The summed E-state index contributed by atoms with van der Waals surface area (Å²) in [6.07, 6.45) is 2.29. The van der Waals surface area contributed by atoms with Crippen molar-refractivity contribution in [2.45, 2.75) is 13.0 Å². The van der Waals surface area contributed by atoms with Crippen LogP contribution in [0.15, 0.2) is 24.4 Å². The molecule has 1 aliphatic heterocycles. The number of amides is 2. The van der Waals surface area contributed by atoms with Gasteiger partial charge in [0, 0.05) is 23.6 Å². The molecule has 0 aliphatic carbocycles. The van der Waals surface area contributed by atoms with E-state index in [4.69, 9.17) is 9.47 Å². The maximum atomic E-state index is 12.4. The van der Waals surface area contributed by atoms with Gasteiger partial charge in [-0.2, -0.15) is 0 Å². The van der Waals surface area contributed by atoms with Crippen LogP contribution in [0.3, 0.4) is 0 Å². The largest absolute Gasteiger partial charge is 0.493 e. The predicted molar refractivity (Wildman–Crippen MR) is 82.4 cm³/mol. The highest BCUT2D eigenvalue weighted by atomic mass is 32.1. The highest BCUT2D eigenvalue weighted by Crippen LogP contribution is 2.33. The monoisotopic (exact) mass is 320 g/mol. The van der Waals surface area contributed by atoms with Crippen molar-refractivity contribution in [1.82, 2.24) is 14.5 Å². The van der Waals surface area contributed by atoms with Crippen molar-refractivity contribution in [2.75, 3.05) is 25.6 Å². The summed E-state index contributed by atoms with van der Waals surface area (Å²) < 4.78 is 14.8. The lowest BCUT2D eigenvalue weighted by Gasteiger charge is -2.27. The molecule has 2 amide bonds. The molecule has 3 rings (SSSR count). The minimum Gasteiger partial charge on any atom is -0.493 e. The molecule has 8 heteroatoms. The van der Waals surface area contributed by atoms with Crippen molar-refractivity contribution in [3.05, 3.63) is 30.0 Å². The Balaban J connectivity index is 1.80. The number of ether oxygens (including phenoxy) is 2. The zero-order valence-corrected chi connectivity index (χ0v) is 12.9. The van der Waals surface area contributed by atoms with Crippen molar-refractivity contribution >= 4 is 22.6 Å². The molecular weight excluding hydrogens is 304 g/mol. The summed E-state index contributed by atoms with van der Waals surface area (Å²) in [7, 11) is 1.61. The van der Waals surface area contributed by atoms with E-state index in [0.717, 1.165) is 23.5 Å². The molecule has 22 heavy (non-hydrogen) atoms. The van der Waals surface area contributed by atoms with Crippen LogP contribution in [0.1, 0.15) is 12.0 Å². The Kier molecular flexibility index (Phi) is 4.38. The van der Waals surface area contributed by atoms with Gasteiger partial charge in [0.25, 0.3) is 0 Å². The molecule has 0 radical (unpaired) electrons. The third kappa shape index (κ3) is 3.11. The third-order valence-corrected chi connectivity index (χ3v) is 3.92. The summed E-state index contributed by atoms with van der Waals surface area (Å²) in [4.78, 5) is 14.1. The van der Waals surface area contributed by atoms with Crippen molar-refractivity contribution in [3.63, 3.8) is 0 Å². The van der Waals surface area contributed by atoms with Crippen LogP contribution in [0.2, 0.25) is 0 Å². The Labute approximate surface area is 132 Å². The first-order valence-electron chi connectivity index (χ1n) is 6.90. The molecule has 1 aromatic carbocycles. The van der Waals surface area contributed by atoms with Crippen molar-refractivity contribution in [3.8, 4) is 11.5 Å². The van der Waals surface area contributed by atoms with Gasteiger partial charge in [0.1, 0.15) is 5.00 Å². The fourth-order valence-electron chi connectivity index (χ4n) is 2.30. The Morgan fingerprint density at radius 1 is 1.50 bits per heavy atom. The number of urea groups is 1. The Hall–Kier alpha value is -2.35. The van der Waals surface area contributed by atoms with E-state index >= 15 is 0 Å². The predicted octanol–water partition coefficient (Wildman–Crippen LogP) is 2.36. The molecule has 1 N–H and O–H groups in total. The summed E-state index contributed by atoms with van der Waals surface area (Å²) in [5.74, 6) is 1.40. The molecule has 116 valence electrons. The van der Waals surface area contributed by atoms with Gasteiger partial charge >= 0.3 is 6.03 Å². The van der Waals surface area contributed by atoms with E-state index in [2.05, 4.69) is 14.9 Å². The first-order valence-corrected chi connectivity index (χ1v) is 7.67. The van der Waals surface area contributed by atoms with E-state index in [0.29, 0.717) is 36.2 Å². The van der Waals surface area contributed by atoms with Gasteiger partial charge in [0.15, 0.2) is 11.5 Å². The van der Waals surface area contributed by atoms with Gasteiger partial charge in [-0.3, -0.25) is 5.32 Å². The zero-order chi connectivity index (χ0) is 15.4. The van der Waals surface area contributed by atoms with Crippen LogP contribution in [-0.2, 0) is 6.54 Å². The van der Waals surface area contributed by atoms with Crippen LogP contribution in [0, 0.1) is 0 Å². The van der Waals surface area contributed by atoms with E-state index in [1.165, 1.54) is 6.20 Å². The van der Waals surface area contributed by atoms with Crippen LogP contribution in [0.25, 0.3) is 0 Å². The average Bonchev–Trinajstić information content (AvgIpc) is 3.00. The lowest BCUT2D eigenvalue weighted by Crippen LogP contribution is -2.36. The van der Waals surface area contributed by atoms with E-state index in [9.17, 15) is 4.79 Å². The van der Waals surface area contributed by atoms with E-state index in [1.807, 2.05) is 18.2 Å². The Morgan fingerprint density at radius 2 is 2.41 bits per heavy atom. The molecule has 0 unspecified atom stereocenters. The quantitative estimate of drug-likeness (QED) is 0.919. The SMILES string of the molecule is COc1cccc2c1OCCCN(C(=O)Nc1cnns1)C2. The number of nitrogens with zero attached hydrogens (tertiary/aromatic N) is 3. The van der Waals surface area contributed by atoms with Crippen LogP contribution >= 0.6 is 11.5 Å². The Bertz CT molecular complexity index is 648. The number of benzene rings is 1. The van der Waals surface area contributed by atoms with Gasteiger partial charge in [-0.1, -0.05) is 16.6 Å². The van der Waals surface area contributed by atoms with Crippen LogP contribution in [-0.4, -0.2) is 40.8 Å². The lowest BCUT2D eigenvalue weighted by molar-refractivity contribution is 0.191. The molecular formula is C14H16N4O3S. The van der Waals surface area contributed by atoms with E-state index in [-0.39, 0.29) is 6.03 Å². The molecule has 0 saturated carbocycles. The maximum absolute atomic E-state index is 12.4. The zero-order valence-electron chi connectivity index (χ0n) is 12.1. The number of fused-ring (bicyclic) bond motifs is 1. The molecule has 1 aromatic heterocycles. The van der Waals surface area contributed by atoms with Crippen LogP contribution in [0.5, 0.6) is 11.5 Å². The van der Waals surface area contributed by atoms with Gasteiger partial charge in [-0.05, 0) is 12.5 Å². The standard InChI is InChI=1S/C14H16N4O3S/c1-20-11-5-2-4-10-9-18(6-3-7-21-13(10)11)14(19)16-12-8-15-17-22-12/h2,4-5,8H,3,6-7,9H2,1H3,(H,16,19). The average molecular weight is 320 g/mol. The maximum Gasteiger partial charge on any atom is 0.322 e. The highest BCUT2D eigenvalue weighted by Gasteiger charge is 2.21. The number of hydrogen-bond acceptors (Lipinski definition) is 6. The number of hydrogen-bond donors (Lipinski definition) is 1. The normalized spacial score (nSPS) is 14.3. The number of aromatic nitrogens is 2. The molecule has 0 atom stereocenters. The fourth-order valence-corrected chi connectivity index (χ4v) is 2.71. The van der Waals surface area contributed by atoms with E-state index in [1.54, 1.807) is 12.0 Å². The number of nitrogens with one attached hydrogen (secondary N) is 1. The Morgan fingerprint density at radius 3 is 3.18 bits per heavy atom. The summed E-state index contributed by atoms with van der Waals surface area (Å²) >= 11 is 1.15. The number of carbonyl (C=O) groups excluding carboxylic acids is 1. The summed E-state index contributed by atoms with van der Waals surface area (Å²) in [6.45, 7) is 1.62. The molecule has 0 fully saturated rings. The molecule has 2 aromatic rings. The number of anilines is 1. The van der Waals surface area contributed by atoms with Crippen LogP contribution < -0.4 is 14.8 Å². The molecule has 0 spiro atoms. The summed E-state index contributed by atoms with van der Waals surface area (Å²) in [5, 5.41) is 7.15. The van der Waals surface area contributed by atoms with Crippen molar-refractivity contribution in [2.24, 2.45) is 0 Å². The number of para-hydroxylation sites is 1. The topological polar surface area (TPSA) is 76.6 Å². The minimum atomic E-state index is -0.165. The molecule has 1 aliphatic rings. The molecule has 0 saturated heterocycles.